The lowest BCUT2D eigenvalue weighted by atomic mass is 10.0. The number of anilines is 1. The molecule has 29 heavy (non-hydrogen) atoms. The van der Waals surface area contributed by atoms with Crippen LogP contribution in [-0.2, 0) is 16.0 Å². The zero-order chi connectivity index (χ0) is 20.5. The second kappa shape index (κ2) is 7.67. The maximum absolute atomic E-state index is 13.0. The molecule has 3 N–H and O–H groups in total. The fourth-order valence-corrected chi connectivity index (χ4v) is 4.64. The van der Waals surface area contributed by atoms with Gasteiger partial charge in [-0.1, -0.05) is 35.6 Å². The van der Waals surface area contributed by atoms with Gasteiger partial charge in [0.1, 0.15) is 6.04 Å². The van der Waals surface area contributed by atoms with E-state index in [-0.39, 0.29) is 11.8 Å². The van der Waals surface area contributed by atoms with Crippen molar-refractivity contribution in [1.82, 2.24) is 15.3 Å². The lowest BCUT2D eigenvalue weighted by Crippen LogP contribution is -2.44. The number of hydrogen-bond donors (Lipinski definition) is 3. The Labute approximate surface area is 172 Å². The molecule has 6 nitrogen and oxygen atoms in total. The summed E-state index contributed by atoms with van der Waals surface area (Å²) in [6.07, 6.45) is 2.27. The summed E-state index contributed by atoms with van der Waals surface area (Å²) in [6.45, 7) is 5.47. The van der Waals surface area contributed by atoms with Crippen LogP contribution >= 0.6 is 11.3 Å². The van der Waals surface area contributed by atoms with Gasteiger partial charge in [0.25, 0.3) is 0 Å². The standard InChI is InChI=1S/C22H22N4O2S/c1-12-8-13(2)20-19(9-12)29-22(25-20)26-21(28)18(24-14(3)27)10-15-11-23-17-7-5-4-6-16(15)17/h4-9,11,18,23H,10H2,1-3H3,(H,24,27)(H,25,26,28)/t18-/m1/s1. The number of H-pyrrole nitrogens is 1. The summed E-state index contributed by atoms with van der Waals surface area (Å²) in [6, 6.07) is 11.3. The molecule has 1 atom stereocenters. The van der Waals surface area contributed by atoms with E-state index in [1.807, 2.05) is 44.3 Å². The summed E-state index contributed by atoms with van der Waals surface area (Å²) in [5, 5.41) is 7.24. The Bertz CT molecular complexity index is 1220. The molecule has 0 spiro atoms. The smallest absolute Gasteiger partial charge is 0.249 e. The zero-order valence-corrected chi connectivity index (χ0v) is 17.3. The summed E-state index contributed by atoms with van der Waals surface area (Å²) in [4.78, 5) is 32.5. The Morgan fingerprint density at radius 1 is 1.21 bits per heavy atom. The van der Waals surface area contributed by atoms with Crippen molar-refractivity contribution >= 4 is 49.4 Å². The molecule has 2 aromatic carbocycles. The van der Waals surface area contributed by atoms with E-state index in [1.54, 1.807) is 0 Å². The highest BCUT2D eigenvalue weighted by atomic mass is 32.1. The third-order valence-corrected chi connectivity index (χ3v) is 5.77. The number of carbonyl (C=O) groups is 2. The summed E-state index contributed by atoms with van der Waals surface area (Å²) in [7, 11) is 0. The SMILES string of the molecule is CC(=O)N[C@H](Cc1c[nH]c2ccccc12)C(=O)Nc1nc2c(C)cc(C)cc2s1. The molecule has 0 saturated heterocycles. The molecule has 0 fully saturated rings. The maximum atomic E-state index is 13.0. The molecule has 148 valence electrons. The van der Waals surface area contributed by atoms with Crippen LogP contribution in [0, 0.1) is 13.8 Å². The topological polar surface area (TPSA) is 86.9 Å². The minimum Gasteiger partial charge on any atom is -0.361 e. The van der Waals surface area contributed by atoms with Crippen LogP contribution < -0.4 is 10.6 Å². The van der Waals surface area contributed by atoms with Gasteiger partial charge >= 0.3 is 0 Å². The van der Waals surface area contributed by atoms with Crippen LogP contribution in [0.5, 0.6) is 0 Å². The average molecular weight is 407 g/mol. The van der Waals surface area contributed by atoms with E-state index >= 15 is 0 Å². The number of thiazole rings is 1. The van der Waals surface area contributed by atoms with Gasteiger partial charge < -0.3 is 15.6 Å². The number of amides is 2. The summed E-state index contributed by atoms with van der Waals surface area (Å²) >= 11 is 1.44. The predicted molar refractivity (Wildman–Crippen MR) is 117 cm³/mol. The number of aryl methyl sites for hydroxylation is 2. The Morgan fingerprint density at radius 2 is 2.00 bits per heavy atom. The average Bonchev–Trinajstić information content (AvgIpc) is 3.25. The number of aromatic amines is 1. The number of nitrogens with one attached hydrogen (secondary N) is 3. The Balaban J connectivity index is 1.59. The minimum atomic E-state index is -0.693. The number of para-hydroxylation sites is 1. The van der Waals surface area contributed by atoms with Gasteiger partial charge in [-0.3, -0.25) is 9.59 Å². The van der Waals surface area contributed by atoms with Gasteiger partial charge in [-0.25, -0.2) is 4.98 Å². The lowest BCUT2D eigenvalue weighted by Gasteiger charge is -2.16. The van der Waals surface area contributed by atoms with Gasteiger partial charge in [-0.2, -0.15) is 0 Å². The minimum absolute atomic E-state index is 0.249. The van der Waals surface area contributed by atoms with E-state index in [4.69, 9.17) is 0 Å². The number of carbonyl (C=O) groups excluding carboxylic acids is 2. The maximum Gasteiger partial charge on any atom is 0.249 e. The molecular weight excluding hydrogens is 384 g/mol. The highest BCUT2D eigenvalue weighted by molar-refractivity contribution is 7.22. The van der Waals surface area contributed by atoms with Crippen LogP contribution in [0.4, 0.5) is 5.13 Å². The molecule has 0 aliphatic carbocycles. The largest absolute Gasteiger partial charge is 0.361 e. The van der Waals surface area contributed by atoms with Gasteiger partial charge in [0.15, 0.2) is 5.13 Å². The Hall–Kier alpha value is -3.19. The summed E-state index contributed by atoms with van der Waals surface area (Å²) in [5.74, 6) is -0.528. The first-order valence-corrected chi connectivity index (χ1v) is 10.2. The second-order valence-electron chi connectivity index (χ2n) is 7.25. The van der Waals surface area contributed by atoms with Crippen LogP contribution in [0.1, 0.15) is 23.6 Å². The first kappa shape index (κ1) is 19.1. The molecule has 2 heterocycles. The fraction of sp³-hybridized carbons (Fsp3) is 0.227. The molecule has 4 rings (SSSR count). The van der Waals surface area contributed by atoms with E-state index in [9.17, 15) is 9.59 Å². The number of aromatic nitrogens is 2. The number of benzene rings is 2. The molecule has 2 aromatic heterocycles. The first-order valence-electron chi connectivity index (χ1n) is 9.41. The van der Waals surface area contributed by atoms with Gasteiger partial charge in [-0.05, 0) is 42.7 Å². The molecule has 0 radical (unpaired) electrons. The monoisotopic (exact) mass is 406 g/mol. The first-order chi connectivity index (χ1) is 13.9. The molecule has 7 heteroatoms. The number of fused-ring (bicyclic) bond motifs is 2. The Morgan fingerprint density at radius 3 is 2.79 bits per heavy atom. The third-order valence-electron chi connectivity index (χ3n) is 4.85. The molecule has 0 aliphatic rings. The van der Waals surface area contributed by atoms with E-state index in [0.717, 1.165) is 37.8 Å². The van der Waals surface area contributed by atoms with Gasteiger partial charge in [0.05, 0.1) is 10.2 Å². The quantitative estimate of drug-likeness (QED) is 0.467. The molecule has 0 unspecified atom stereocenters. The molecular formula is C22H22N4O2S. The van der Waals surface area contributed by atoms with Crippen molar-refractivity contribution in [2.24, 2.45) is 0 Å². The van der Waals surface area contributed by atoms with E-state index in [2.05, 4.69) is 32.7 Å². The molecule has 2 amide bonds. The van der Waals surface area contributed by atoms with Gasteiger partial charge in [-0.15, -0.1) is 0 Å². The van der Waals surface area contributed by atoms with Crippen LogP contribution in [0.25, 0.3) is 21.1 Å². The van der Waals surface area contributed by atoms with Crippen LogP contribution in [0.15, 0.2) is 42.6 Å². The molecule has 0 aliphatic heterocycles. The molecule has 4 aromatic rings. The van der Waals surface area contributed by atoms with Crippen molar-refractivity contribution < 1.29 is 9.59 Å². The molecule has 0 bridgehead atoms. The summed E-state index contributed by atoms with van der Waals surface area (Å²) in [5.41, 5.74) is 5.11. The highest BCUT2D eigenvalue weighted by Gasteiger charge is 2.23. The van der Waals surface area contributed by atoms with E-state index in [0.29, 0.717) is 11.6 Å². The van der Waals surface area contributed by atoms with Crippen LogP contribution in [0.3, 0.4) is 0 Å². The fourth-order valence-electron chi connectivity index (χ4n) is 3.59. The van der Waals surface area contributed by atoms with Crippen molar-refractivity contribution in [3.05, 3.63) is 59.3 Å². The van der Waals surface area contributed by atoms with Crippen molar-refractivity contribution in [1.29, 1.82) is 0 Å². The van der Waals surface area contributed by atoms with Crippen molar-refractivity contribution in [3.63, 3.8) is 0 Å². The lowest BCUT2D eigenvalue weighted by molar-refractivity contribution is -0.125. The van der Waals surface area contributed by atoms with Crippen LogP contribution in [-0.4, -0.2) is 27.8 Å². The second-order valence-corrected chi connectivity index (χ2v) is 8.28. The third kappa shape index (κ3) is 4.00. The van der Waals surface area contributed by atoms with Crippen LogP contribution in [0.2, 0.25) is 0 Å². The van der Waals surface area contributed by atoms with E-state index < -0.39 is 6.04 Å². The normalized spacial score (nSPS) is 12.2. The van der Waals surface area contributed by atoms with E-state index in [1.165, 1.54) is 18.3 Å². The summed E-state index contributed by atoms with van der Waals surface area (Å²) < 4.78 is 1.03. The highest BCUT2D eigenvalue weighted by Crippen LogP contribution is 2.29. The number of hydrogen-bond acceptors (Lipinski definition) is 4. The van der Waals surface area contributed by atoms with Crippen molar-refractivity contribution in [3.8, 4) is 0 Å². The zero-order valence-electron chi connectivity index (χ0n) is 16.5. The van der Waals surface area contributed by atoms with Crippen molar-refractivity contribution in [2.45, 2.75) is 33.2 Å². The van der Waals surface area contributed by atoms with Gasteiger partial charge in [0, 0.05) is 30.4 Å². The van der Waals surface area contributed by atoms with Gasteiger partial charge in [0.2, 0.25) is 11.8 Å². The number of nitrogens with zero attached hydrogens (tertiary/aromatic N) is 1. The molecule has 0 saturated carbocycles. The number of rotatable bonds is 5. The van der Waals surface area contributed by atoms with Crippen molar-refractivity contribution in [2.75, 3.05) is 5.32 Å². The predicted octanol–water partition coefficient (Wildman–Crippen LogP) is 4.08. The Kier molecular flexibility index (Phi) is 5.07.